The van der Waals surface area contributed by atoms with Crippen molar-refractivity contribution in [2.24, 2.45) is 0 Å². The first-order valence-corrected chi connectivity index (χ1v) is 5.04. The molecule has 2 aliphatic rings. The molecule has 2 saturated heterocycles. The van der Waals surface area contributed by atoms with Gasteiger partial charge in [-0.2, -0.15) is 0 Å². The zero-order valence-electron chi connectivity index (χ0n) is 8.20. The minimum absolute atomic E-state index is 0.0745. The average Bonchev–Trinajstić information content (AvgIpc) is 2.23. The van der Waals surface area contributed by atoms with Gasteiger partial charge in [0.05, 0.1) is 19.3 Å². The third-order valence-electron chi connectivity index (χ3n) is 2.51. The summed E-state index contributed by atoms with van der Waals surface area (Å²) < 4.78 is 10.6. The molecule has 1 atom stereocenters. The van der Waals surface area contributed by atoms with Crippen molar-refractivity contribution in [3.8, 4) is 0 Å². The Morgan fingerprint density at radius 1 is 1.50 bits per heavy atom. The fourth-order valence-electron chi connectivity index (χ4n) is 1.73. The van der Waals surface area contributed by atoms with Gasteiger partial charge < -0.3 is 19.7 Å². The van der Waals surface area contributed by atoms with Gasteiger partial charge in [-0.15, -0.1) is 0 Å². The van der Waals surface area contributed by atoms with Gasteiger partial charge in [0.1, 0.15) is 6.61 Å². The van der Waals surface area contributed by atoms with Crippen molar-refractivity contribution in [1.29, 1.82) is 0 Å². The van der Waals surface area contributed by atoms with Gasteiger partial charge in [0, 0.05) is 26.2 Å². The molecule has 5 nitrogen and oxygen atoms in total. The molecule has 0 radical (unpaired) electrons. The molecule has 2 rings (SSSR count). The number of ether oxygens (including phenoxy) is 2. The molecule has 0 aromatic heterocycles. The van der Waals surface area contributed by atoms with Gasteiger partial charge >= 0.3 is 0 Å². The Bertz CT molecular complexity index is 204. The van der Waals surface area contributed by atoms with Crippen molar-refractivity contribution in [1.82, 2.24) is 10.2 Å². The lowest BCUT2D eigenvalue weighted by atomic mass is 10.2. The Balaban J connectivity index is 1.79. The molecule has 0 saturated carbocycles. The highest BCUT2D eigenvalue weighted by Gasteiger charge is 2.23. The van der Waals surface area contributed by atoms with Crippen molar-refractivity contribution in [3.05, 3.63) is 0 Å². The standard InChI is InChI=1S/C9H16N2O3/c12-9-7-13-4-2-11(9)6-8-5-10-1-3-14-8/h8,10H,1-7H2. The largest absolute Gasteiger partial charge is 0.374 e. The quantitative estimate of drug-likeness (QED) is 0.610. The number of hydrogen-bond donors (Lipinski definition) is 1. The van der Waals surface area contributed by atoms with Crippen LogP contribution in [-0.2, 0) is 14.3 Å². The molecule has 0 aromatic rings. The Kier molecular flexibility index (Phi) is 3.34. The van der Waals surface area contributed by atoms with Crippen LogP contribution in [0, 0.1) is 0 Å². The van der Waals surface area contributed by atoms with Gasteiger partial charge in [0.2, 0.25) is 5.91 Å². The van der Waals surface area contributed by atoms with Crippen molar-refractivity contribution >= 4 is 5.91 Å². The molecule has 0 aliphatic carbocycles. The van der Waals surface area contributed by atoms with Gasteiger partial charge in [-0.05, 0) is 0 Å². The number of carbonyl (C=O) groups is 1. The van der Waals surface area contributed by atoms with E-state index in [1.165, 1.54) is 0 Å². The molecule has 2 fully saturated rings. The molecule has 1 unspecified atom stereocenters. The first-order chi connectivity index (χ1) is 6.86. The van der Waals surface area contributed by atoms with Crippen LogP contribution in [0.3, 0.4) is 0 Å². The lowest BCUT2D eigenvalue weighted by molar-refractivity contribution is -0.145. The lowest BCUT2D eigenvalue weighted by Crippen LogP contribution is -2.50. The van der Waals surface area contributed by atoms with Crippen LogP contribution in [0.4, 0.5) is 0 Å². The summed E-state index contributed by atoms with van der Waals surface area (Å²) in [6.45, 7) is 4.74. The summed E-state index contributed by atoms with van der Waals surface area (Å²) in [5.41, 5.74) is 0. The minimum Gasteiger partial charge on any atom is -0.374 e. The summed E-state index contributed by atoms with van der Waals surface area (Å²) >= 11 is 0. The zero-order valence-corrected chi connectivity index (χ0v) is 8.20. The predicted molar refractivity (Wildman–Crippen MR) is 50.0 cm³/mol. The number of hydrogen-bond acceptors (Lipinski definition) is 4. The smallest absolute Gasteiger partial charge is 0.248 e. The molecule has 1 amide bonds. The maximum atomic E-state index is 11.4. The Labute approximate surface area is 83.3 Å². The molecule has 1 N–H and O–H groups in total. The van der Waals surface area contributed by atoms with Crippen molar-refractivity contribution < 1.29 is 14.3 Å². The van der Waals surface area contributed by atoms with E-state index in [1.54, 1.807) is 0 Å². The van der Waals surface area contributed by atoms with Crippen molar-refractivity contribution in [2.75, 3.05) is 46.0 Å². The van der Waals surface area contributed by atoms with Gasteiger partial charge in [-0.1, -0.05) is 0 Å². The summed E-state index contributed by atoms with van der Waals surface area (Å²) in [4.78, 5) is 13.2. The normalized spacial score (nSPS) is 29.3. The first-order valence-electron chi connectivity index (χ1n) is 5.04. The summed E-state index contributed by atoms with van der Waals surface area (Å²) in [5.74, 6) is 0.0745. The molecule has 5 heteroatoms. The van der Waals surface area contributed by atoms with E-state index < -0.39 is 0 Å². The summed E-state index contributed by atoms with van der Waals surface area (Å²) in [5, 5.41) is 3.25. The van der Waals surface area contributed by atoms with E-state index in [1.807, 2.05) is 4.90 Å². The molecule has 2 aliphatic heterocycles. The van der Waals surface area contributed by atoms with E-state index in [0.29, 0.717) is 19.7 Å². The van der Waals surface area contributed by atoms with E-state index in [-0.39, 0.29) is 18.6 Å². The number of rotatable bonds is 2. The van der Waals surface area contributed by atoms with Crippen LogP contribution < -0.4 is 5.32 Å². The van der Waals surface area contributed by atoms with Crippen LogP contribution in [0.5, 0.6) is 0 Å². The van der Waals surface area contributed by atoms with E-state index in [2.05, 4.69) is 5.32 Å². The van der Waals surface area contributed by atoms with Crippen LogP contribution >= 0.6 is 0 Å². The Morgan fingerprint density at radius 3 is 3.14 bits per heavy atom. The molecular weight excluding hydrogens is 184 g/mol. The van der Waals surface area contributed by atoms with Crippen LogP contribution in [-0.4, -0.2) is 62.9 Å². The molecule has 14 heavy (non-hydrogen) atoms. The van der Waals surface area contributed by atoms with Gasteiger partial charge in [-0.3, -0.25) is 4.79 Å². The molecule has 0 aromatic carbocycles. The van der Waals surface area contributed by atoms with E-state index >= 15 is 0 Å². The van der Waals surface area contributed by atoms with E-state index in [4.69, 9.17) is 9.47 Å². The van der Waals surface area contributed by atoms with Crippen LogP contribution in [0.1, 0.15) is 0 Å². The number of amides is 1. The summed E-state index contributed by atoms with van der Waals surface area (Å²) in [6, 6.07) is 0. The number of nitrogens with zero attached hydrogens (tertiary/aromatic N) is 1. The van der Waals surface area contributed by atoms with Crippen molar-refractivity contribution in [3.63, 3.8) is 0 Å². The second kappa shape index (κ2) is 4.72. The van der Waals surface area contributed by atoms with Crippen LogP contribution in [0.15, 0.2) is 0 Å². The molecule has 2 heterocycles. The zero-order chi connectivity index (χ0) is 9.80. The van der Waals surface area contributed by atoms with E-state index in [0.717, 1.165) is 19.7 Å². The second-order valence-corrected chi connectivity index (χ2v) is 3.59. The highest BCUT2D eigenvalue weighted by molar-refractivity contribution is 5.78. The Hall–Kier alpha value is -0.650. The number of morpholine rings is 2. The highest BCUT2D eigenvalue weighted by atomic mass is 16.5. The van der Waals surface area contributed by atoms with Crippen molar-refractivity contribution in [2.45, 2.75) is 6.10 Å². The fraction of sp³-hybridized carbons (Fsp3) is 0.889. The lowest BCUT2D eigenvalue weighted by Gasteiger charge is -2.32. The second-order valence-electron chi connectivity index (χ2n) is 3.59. The van der Waals surface area contributed by atoms with Gasteiger partial charge in [0.15, 0.2) is 0 Å². The van der Waals surface area contributed by atoms with Crippen LogP contribution in [0.25, 0.3) is 0 Å². The topological polar surface area (TPSA) is 50.8 Å². The molecule has 0 spiro atoms. The molecular formula is C9H16N2O3. The fourth-order valence-corrected chi connectivity index (χ4v) is 1.73. The maximum absolute atomic E-state index is 11.4. The highest BCUT2D eigenvalue weighted by Crippen LogP contribution is 2.04. The Morgan fingerprint density at radius 2 is 2.43 bits per heavy atom. The van der Waals surface area contributed by atoms with Gasteiger partial charge in [-0.25, -0.2) is 0 Å². The summed E-state index contributed by atoms with van der Waals surface area (Å²) in [7, 11) is 0. The van der Waals surface area contributed by atoms with E-state index in [9.17, 15) is 4.79 Å². The predicted octanol–water partition coefficient (Wildman–Crippen LogP) is -1.17. The van der Waals surface area contributed by atoms with Gasteiger partial charge in [0.25, 0.3) is 0 Å². The summed E-state index contributed by atoms with van der Waals surface area (Å²) in [6.07, 6.45) is 0.144. The SMILES string of the molecule is O=C1COCCN1CC1CNCCO1. The molecule has 0 bridgehead atoms. The monoisotopic (exact) mass is 200 g/mol. The number of nitrogens with one attached hydrogen (secondary N) is 1. The number of carbonyl (C=O) groups excluding carboxylic acids is 1. The maximum Gasteiger partial charge on any atom is 0.248 e. The third kappa shape index (κ3) is 2.43. The third-order valence-corrected chi connectivity index (χ3v) is 2.51. The molecule has 80 valence electrons. The average molecular weight is 200 g/mol. The van der Waals surface area contributed by atoms with Crippen LogP contribution in [0.2, 0.25) is 0 Å². The first kappa shape index (κ1) is 9.89. The minimum atomic E-state index is 0.0745.